The first kappa shape index (κ1) is 13.6. The van der Waals surface area contributed by atoms with Gasteiger partial charge in [-0.1, -0.05) is 13.8 Å². The van der Waals surface area contributed by atoms with Gasteiger partial charge >= 0.3 is 0 Å². The average molecular weight is 242 g/mol. The molecule has 4 heteroatoms. The number of rotatable bonds is 8. The Labute approximate surface area is 102 Å². The maximum atomic E-state index is 5.31. The summed E-state index contributed by atoms with van der Waals surface area (Å²) in [5.74, 6) is 0. The van der Waals surface area contributed by atoms with E-state index in [-0.39, 0.29) is 0 Å². The average Bonchev–Trinajstić information content (AvgIpc) is 2.66. The lowest BCUT2D eigenvalue weighted by molar-refractivity contribution is 0.151. The van der Waals surface area contributed by atoms with E-state index in [9.17, 15) is 0 Å². The van der Waals surface area contributed by atoms with Gasteiger partial charge in [0, 0.05) is 37.4 Å². The van der Waals surface area contributed by atoms with Crippen molar-refractivity contribution >= 4 is 11.3 Å². The smallest absolute Gasteiger partial charge is 0.0951 e. The second kappa shape index (κ2) is 7.76. The van der Waals surface area contributed by atoms with E-state index in [0.29, 0.717) is 6.04 Å². The Hall–Kier alpha value is -0.450. The molecule has 0 bridgehead atoms. The molecule has 1 rings (SSSR count). The zero-order valence-corrected chi connectivity index (χ0v) is 11.3. The lowest BCUT2D eigenvalue weighted by Gasteiger charge is -2.05. The summed E-state index contributed by atoms with van der Waals surface area (Å²) >= 11 is 1.74. The molecule has 0 fully saturated rings. The Morgan fingerprint density at radius 1 is 1.44 bits per heavy atom. The first-order valence-electron chi connectivity index (χ1n) is 5.96. The maximum Gasteiger partial charge on any atom is 0.0951 e. The van der Waals surface area contributed by atoms with Crippen molar-refractivity contribution in [3.63, 3.8) is 0 Å². The van der Waals surface area contributed by atoms with Crippen molar-refractivity contribution in [3.8, 4) is 0 Å². The van der Waals surface area contributed by atoms with Gasteiger partial charge in [0.1, 0.15) is 0 Å². The molecule has 0 saturated carbocycles. The van der Waals surface area contributed by atoms with Crippen LogP contribution in [0.25, 0.3) is 0 Å². The van der Waals surface area contributed by atoms with Gasteiger partial charge in [0.05, 0.1) is 17.3 Å². The zero-order chi connectivity index (χ0) is 11.8. The predicted octanol–water partition coefficient (Wildman–Crippen LogP) is 2.26. The number of nitrogens with zero attached hydrogens (tertiary/aromatic N) is 1. The molecule has 0 atom stereocenters. The van der Waals surface area contributed by atoms with Crippen molar-refractivity contribution in [1.29, 1.82) is 0 Å². The van der Waals surface area contributed by atoms with Crippen LogP contribution in [0.2, 0.25) is 0 Å². The molecule has 0 radical (unpaired) electrons. The highest BCUT2D eigenvalue weighted by Gasteiger charge is 2.02. The van der Waals surface area contributed by atoms with Crippen LogP contribution >= 0.6 is 11.3 Å². The maximum absolute atomic E-state index is 5.31. The minimum absolute atomic E-state index is 0.552. The van der Waals surface area contributed by atoms with Gasteiger partial charge in [0.25, 0.3) is 0 Å². The summed E-state index contributed by atoms with van der Waals surface area (Å²) in [5.41, 5.74) is 1.20. The first-order chi connectivity index (χ1) is 7.72. The molecule has 0 unspecified atom stereocenters. The van der Waals surface area contributed by atoms with E-state index in [1.54, 1.807) is 11.3 Å². The molecule has 16 heavy (non-hydrogen) atoms. The van der Waals surface area contributed by atoms with E-state index >= 15 is 0 Å². The fourth-order valence-electron chi connectivity index (χ4n) is 1.37. The molecule has 0 aliphatic heterocycles. The van der Waals surface area contributed by atoms with Gasteiger partial charge in [-0.05, 0) is 6.92 Å². The normalized spacial score (nSPS) is 11.2. The molecule has 0 saturated heterocycles. The Morgan fingerprint density at radius 2 is 2.25 bits per heavy atom. The minimum Gasteiger partial charge on any atom is -0.381 e. The van der Waals surface area contributed by atoms with Crippen molar-refractivity contribution in [1.82, 2.24) is 10.3 Å². The third-order valence-corrected chi connectivity index (χ3v) is 3.15. The molecule has 0 amide bonds. The van der Waals surface area contributed by atoms with Gasteiger partial charge in [-0.15, -0.1) is 11.3 Å². The van der Waals surface area contributed by atoms with Crippen LogP contribution < -0.4 is 5.32 Å². The van der Waals surface area contributed by atoms with Crippen LogP contribution in [0.4, 0.5) is 0 Å². The third-order valence-electron chi connectivity index (χ3n) is 2.20. The Kier molecular flexibility index (Phi) is 6.61. The van der Waals surface area contributed by atoms with Crippen molar-refractivity contribution in [3.05, 3.63) is 16.1 Å². The second-order valence-corrected chi connectivity index (χ2v) is 4.98. The van der Waals surface area contributed by atoms with Crippen LogP contribution in [0.3, 0.4) is 0 Å². The monoisotopic (exact) mass is 242 g/mol. The van der Waals surface area contributed by atoms with E-state index in [1.807, 2.05) is 6.92 Å². The van der Waals surface area contributed by atoms with Crippen molar-refractivity contribution in [2.75, 3.05) is 19.8 Å². The molecule has 1 heterocycles. The van der Waals surface area contributed by atoms with E-state index in [0.717, 1.165) is 32.6 Å². The van der Waals surface area contributed by atoms with E-state index < -0.39 is 0 Å². The molecule has 1 N–H and O–H groups in total. The molecule has 0 aliphatic carbocycles. The Bertz CT molecular complexity index is 286. The van der Waals surface area contributed by atoms with Gasteiger partial charge in [-0.25, -0.2) is 4.98 Å². The van der Waals surface area contributed by atoms with Crippen LogP contribution in [-0.2, 0) is 17.6 Å². The lowest BCUT2D eigenvalue weighted by atomic mass is 10.3. The zero-order valence-electron chi connectivity index (χ0n) is 10.5. The number of hydrogen-bond donors (Lipinski definition) is 1. The van der Waals surface area contributed by atoms with E-state index in [1.165, 1.54) is 10.7 Å². The fraction of sp³-hybridized carbons (Fsp3) is 0.750. The van der Waals surface area contributed by atoms with Crippen LogP contribution in [0.15, 0.2) is 5.38 Å². The summed E-state index contributed by atoms with van der Waals surface area (Å²) in [7, 11) is 0. The quantitative estimate of drug-likeness (QED) is 0.710. The van der Waals surface area contributed by atoms with Crippen molar-refractivity contribution in [2.45, 2.75) is 39.7 Å². The molecule has 0 aromatic carbocycles. The number of thiazole rings is 1. The number of ether oxygens (including phenoxy) is 1. The molecule has 3 nitrogen and oxygen atoms in total. The highest BCUT2D eigenvalue weighted by molar-refractivity contribution is 7.09. The van der Waals surface area contributed by atoms with Crippen LogP contribution in [0.1, 0.15) is 31.5 Å². The van der Waals surface area contributed by atoms with Gasteiger partial charge in [0.2, 0.25) is 0 Å². The Morgan fingerprint density at radius 3 is 2.94 bits per heavy atom. The minimum atomic E-state index is 0.552. The topological polar surface area (TPSA) is 34.1 Å². The Balaban J connectivity index is 2.22. The molecule has 0 spiro atoms. The summed E-state index contributed by atoms with van der Waals surface area (Å²) in [4.78, 5) is 4.58. The molecule has 0 aliphatic rings. The third kappa shape index (κ3) is 5.58. The predicted molar refractivity (Wildman–Crippen MR) is 69.2 cm³/mol. The molecule has 1 aromatic heterocycles. The molecular formula is C12H22N2OS. The lowest BCUT2D eigenvalue weighted by Crippen LogP contribution is -2.25. The number of hydrogen-bond acceptors (Lipinski definition) is 4. The summed E-state index contributed by atoms with van der Waals surface area (Å²) < 4.78 is 5.31. The summed E-state index contributed by atoms with van der Waals surface area (Å²) in [6.45, 7) is 8.92. The van der Waals surface area contributed by atoms with Crippen molar-refractivity contribution in [2.24, 2.45) is 0 Å². The van der Waals surface area contributed by atoms with Gasteiger partial charge in [-0.3, -0.25) is 0 Å². The largest absolute Gasteiger partial charge is 0.381 e. The first-order valence-corrected chi connectivity index (χ1v) is 6.84. The van der Waals surface area contributed by atoms with Gasteiger partial charge < -0.3 is 10.1 Å². The highest BCUT2D eigenvalue weighted by atomic mass is 32.1. The SMILES string of the molecule is CCOCCc1nc(CCNC(C)C)cs1. The van der Waals surface area contributed by atoms with Gasteiger partial charge in [0.15, 0.2) is 0 Å². The van der Waals surface area contributed by atoms with Crippen LogP contribution in [0, 0.1) is 0 Å². The van der Waals surface area contributed by atoms with E-state index in [4.69, 9.17) is 4.74 Å². The van der Waals surface area contributed by atoms with E-state index in [2.05, 4.69) is 29.5 Å². The number of nitrogens with one attached hydrogen (secondary N) is 1. The summed E-state index contributed by atoms with van der Waals surface area (Å²) in [6.07, 6.45) is 1.96. The van der Waals surface area contributed by atoms with Crippen LogP contribution in [-0.4, -0.2) is 30.8 Å². The summed E-state index contributed by atoms with van der Waals surface area (Å²) in [5, 5.41) is 6.74. The van der Waals surface area contributed by atoms with Gasteiger partial charge in [-0.2, -0.15) is 0 Å². The van der Waals surface area contributed by atoms with Crippen molar-refractivity contribution < 1.29 is 4.74 Å². The standard InChI is InChI=1S/C12H22N2OS/c1-4-15-8-6-12-14-11(9-16-12)5-7-13-10(2)3/h9-10,13H,4-8H2,1-3H3. The second-order valence-electron chi connectivity index (χ2n) is 4.04. The fourth-order valence-corrected chi connectivity index (χ4v) is 2.19. The molecular weight excluding hydrogens is 220 g/mol. The summed E-state index contributed by atoms with van der Waals surface area (Å²) in [6, 6.07) is 0.552. The molecule has 1 aromatic rings. The number of aromatic nitrogens is 1. The van der Waals surface area contributed by atoms with Crippen LogP contribution in [0.5, 0.6) is 0 Å². The highest BCUT2D eigenvalue weighted by Crippen LogP contribution is 2.10. The molecule has 92 valence electrons.